The van der Waals surface area contributed by atoms with Gasteiger partial charge in [0.2, 0.25) is 0 Å². The third-order valence-electron chi connectivity index (χ3n) is 2.79. The Kier molecular flexibility index (Phi) is 3.73. The van der Waals surface area contributed by atoms with Gasteiger partial charge in [0.25, 0.3) is 0 Å². The Morgan fingerprint density at radius 1 is 1.46 bits per heavy atom. The third-order valence-corrected chi connectivity index (χ3v) is 2.79. The summed E-state index contributed by atoms with van der Waals surface area (Å²) in [6.07, 6.45) is 8.01. The van der Waals surface area contributed by atoms with Gasteiger partial charge in [-0.1, -0.05) is 39.0 Å². The predicted molar refractivity (Wildman–Crippen MR) is 56.6 cm³/mol. The van der Waals surface area contributed by atoms with Gasteiger partial charge < -0.3 is 4.74 Å². The second kappa shape index (κ2) is 4.61. The lowest BCUT2D eigenvalue weighted by molar-refractivity contribution is 0.0769. The van der Waals surface area contributed by atoms with Crippen LogP contribution in [-0.4, -0.2) is 13.2 Å². The molecule has 1 aliphatic carbocycles. The van der Waals surface area contributed by atoms with Crippen LogP contribution in [0.5, 0.6) is 0 Å². The molecule has 13 heavy (non-hydrogen) atoms. The Morgan fingerprint density at radius 3 is 2.62 bits per heavy atom. The van der Waals surface area contributed by atoms with Crippen molar-refractivity contribution < 1.29 is 4.74 Å². The maximum Gasteiger partial charge on any atom is 0.0849 e. The Bertz CT molecular complexity index is 213. The highest BCUT2D eigenvalue weighted by Crippen LogP contribution is 2.29. The summed E-state index contributed by atoms with van der Waals surface area (Å²) in [7, 11) is 1.81. The first-order valence-electron chi connectivity index (χ1n) is 5.10. The van der Waals surface area contributed by atoms with Crippen molar-refractivity contribution in [3.63, 3.8) is 0 Å². The van der Waals surface area contributed by atoms with Crippen LogP contribution in [0.15, 0.2) is 23.8 Å². The van der Waals surface area contributed by atoms with Gasteiger partial charge in [0, 0.05) is 13.0 Å². The summed E-state index contributed by atoms with van der Waals surface area (Å²) < 4.78 is 5.55. The molecular weight excluding hydrogens is 160 g/mol. The predicted octanol–water partition coefficient (Wildman–Crippen LogP) is 3.18. The normalized spacial score (nSPS) is 27.9. The number of methoxy groups -OCH3 is 1. The third kappa shape index (κ3) is 2.22. The topological polar surface area (TPSA) is 9.23 Å². The fraction of sp³-hybridized carbons (Fsp3) is 0.667. The molecule has 2 atom stereocenters. The average molecular weight is 180 g/mol. The molecule has 0 aromatic carbocycles. The molecule has 0 amide bonds. The van der Waals surface area contributed by atoms with Crippen molar-refractivity contribution in [1.82, 2.24) is 0 Å². The summed E-state index contributed by atoms with van der Waals surface area (Å²) in [5.41, 5.74) is 1.42. The number of hydrogen-bond acceptors (Lipinski definition) is 1. The zero-order valence-electron chi connectivity index (χ0n) is 9.08. The van der Waals surface area contributed by atoms with Gasteiger partial charge in [-0.25, -0.2) is 0 Å². The molecule has 0 aliphatic heterocycles. The maximum atomic E-state index is 5.55. The van der Waals surface area contributed by atoms with E-state index in [1.54, 1.807) is 0 Å². The van der Waals surface area contributed by atoms with E-state index >= 15 is 0 Å². The van der Waals surface area contributed by atoms with Crippen molar-refractivity contribution in [2.75, 3.05) is 7.11 Å². The van der Waals surface area contributed by atoms with Gasteiger partial charge in [-0.05, 0) is 17.9 Å². The molecule has 1 heteroatoms. The maximum absolute atomic E-state index is 5.55. The molecular formula is C12H20O. The van der Waals surface area contributed by atoms with Gasteiger partial charge in [0.05, 0.1) is 6.10 Å². The zero-order chi connectivity index (χ0) is 9.84. The van der Waals surface area contributed by atoms with Crippen LogP contribution in [0.3, 0.4) is 0 Å². The van der Waals surface area contributed by atoms with Gasteiger partial charge in [0.15, 0.2) is 0 Å². The number of ether oxygens (including phenoxy) is 1. The minimum Gasteiger partial charge on any atom is -0.376 e. The summed E-state index contributed by atoms with van der Waals surface area (Å²) in [5.74, 6) is 1.20. The van der Waals surface area contributed by atoms with Crippen LogP contribution in [0.1, 0.15) is 27.2 Å². The zero-order valence-corrected chi connectivity index (χ0v) is 9.08. The van der Waals surface area contributed by atoms with Crippen LogP contribution in [-0.2, 0) is 4.74 Å². The molecule has 0 N–H and O–H groups in total. The smallest absolute Gasteiger partial charge is 0.0849 e. The Morgan fingerprint density at radius 2 is 2.15 bits per heavy atom. The van der Waals surface area contributed by atoms with E-state index < -0.39 is 0 Å². The van der Waals surface area contributed by atoms with Crippen molar-refractivity contribution in [1.29, 1.82) is 0 Å². The molecule has 1 aliphatic rings. The molecule has 0 aromatic rings. The van der Waals surface area contributed by atoms with E-state index in [-0.39, 0.29) is 0 Å². The molecule has 1 nitrogen and oxygen atoms in total. The highest BCUT2D eigenvalue weighted by atomic mass is 16.5. The molecule has 0 heterocycles. The van der Waals surface area contributed by atoms with Crippen LogP contribution in [0.25, 0.3) is 0 Å². The highest BCUT2D eigenvalue weighted by Gasteiger charge is 2.26. The Labute approximate surface area is 81.5 Å². The molecule has 0 spiro atoms. The van der Waals surface area contributed by atoms with Crippen molar-refractivity contribution in [2.45, 2.75) is 33.3 Å². The first-order valence-corrected chi connectivity index (χ1v) is 5.10. The quantitative estimate of drug-likeness (QED) is 0.648. The van der Waals surface area contributed by atoms with E-state index in [0.29, 0.717) is 17.9 Å². The van der Waals surface area contributed by atoms with Gasteiger partial charge in [-0.2, -0.15) is 0 Å². The first kappa shape index (κ1) is 10.5. The van der Waals surface area contributed by atoms with E-state index in [1.807, 2.05) is 7.11 Å². The van der Waals surface area contributed by atoms with Crippen molar-refractivity contribution >= 4 is 0 Å². The van der Waals surface area contributed by atoms with Crippen LogP contribution in [0, 0.1) is 11.8 Å². The molecule has 0 aromatic heterocycles. The Balaban J connectivity index is 2.80. The second-order valence-electron chi connectivity index (χ2n) is 3.96. The summed E-state index contributed by atoms with van der Waals surface area (Å²) >= 11 is 0. The van der Waals surface area contributed by atoms with Crippen LogP contribution in [0.4, 0.5) is 0 Å². The summed E-state index contributed by atoms with van der Waals surface area (Å²) in [6.45, 7) is 6.69. The minimum absolute atomic E-state index is 0.301. The number of hydrogen-bond donors (Lipinski definition) is 0. The lowest BCUT2D eigenvalue weighted by atomic mass is 9.82. The van der Waals surface area contributed by atoms with Gasteiger partial charge in [-0.15, -0.1) is 0 Å². The fourth-order valence-corrected chi connectivity index (χ4v) is 1.95. The van der Waals surface area contributed by atoms with E-state index in [1.165, 1.54) is 5.57 Å². The number of allylic oxidation sites excluding steroid dienone is 2. The van der Waals surface area contributed by atoms with E-state index in [9.17, 15) is 0 Å². The van der Waals surface area contributed by atoms with Crippen molar-refractivity contribution in [3.05, 3.63) is 23.8 Å². The summed E-state index contributed by atoms with van der Waals surface area (Å²) in [4.78, 5) is 0. The lowest BCUT2D eigenvalue weighted by Gasteiger charge is -2.30. The SMILES string of the molecule is CCC1=CC=CC(C(C)C)C1OC. The molecule has 74 valence electrons. The van der Waals surface area contributed by atoms with Gasteiger partial charge in [-0.3, -0.25) is 0 Å². The minimum atomic E-state index is 0.301. The summed E-state index contributed by atoms with van der Waals surface area (Å²) in [5, 5.41) is 0. The van der Waals surface area contributed by atoms with Crippen LogP contribution >= 0.6 is 0 Å². The molecule has 0 radical (unpaired) electrons. The van der Waals surface area contributed by atoms with Gasteiger partial charge in [0.1, 0.15) is 0 Å². The first-order chi connectivity index (χ1) is 6.20. The van der Waals surface area contributed by atoms with E-state index in [4.69, 9.17) is 4.74 Å². The standard InChI is InChI=1S/C12H20O/c1-5-10-7-6-8-11(9(2)3)12(10)13-4/h6-9,11-12H,5H2,1-4H3. The molecule has 0 bridgehead atoms. The van der Waals surface area contributed by atoms with Crippen molar-refractivity contribution in [3.8, 4) is 0 Å². The second-order valence-corrected chi connectivity index (χ2v) is 3.96. The Hall–Kier alpha value is -0.560. The monoisotopic (exact) mass is 180 g/mol. The molecule has 1 rings (SSSR count). The van der Waals surface area contributed by atoms with Crippen LogP contribution in [0.2, 0.25) is 0 Å². The molecule has 2 unspecified atom stereocenters. The number of rotatable bonds is 3. The van der Waals surface area contributed by atoms with Gasteiger partial charge >= 0.3 is 0 Å². The largest absolute Gasteiger partial charge is 0.376 e. The van der Waals surface area contributed by atoms with E-state index in [0.717, 1.165) is 6.42 Å². The van der Waals surface area contributed by atoms with Crippen LogP contribution < -0.4 is 0 Å². The fourth-order valence-electron chi connectivity index (χ4n) is 1.95. The summed E-state index contributed by atoms with van der Waals surface area (Å²) in [6, 6.07) is 0. The molecule has 0 fully saturated rings. The highest BCUT2D eigenvalue weighted by molar-refractivity contribution is 5.24. The van der Waals surface area contributed by atoms with E-state index in [2.05, 4.69) is 39.0 Å². The average Bonchev–Trinajstić information content (AvgIpc) is 2.16. The molecule has 0 saturated heterocycles. The van der Waals surface area contributed by atoms with Crippen molar-refractivity contribution in [2.24, 2.45) is 11.8 Å². The lowest BCUT2D eigenvalue weighted by Crippen LogP contribution is -2.29. The molecule has 0 saturated carbocycles.